The van der Waals surface area contributed by atoms with Gasteiger partial charge in [-0.25, -0.2) is 0 Å². The Morgan fingerprint density at radius 3 is 2.59 bits per heavy atom. The second-order valence-corrected chi connectivity index (χ2v) is 3.83. The number of phenolic OH excluding ortho intramolecular Hbond substituents is 1. The highest BCUT2D eigenvalue weighted by atomic mass is 16.4. The van der Waals surface area contributed by atoms with Crippen LogP contribution in [0, 0.1) is 0 Å². The average molecular weight is 232 g/mol. The summed E-state index contributed by atoms with van der Waals surface area (Å²) in [7, 11) is 0. The van der Waals surface area contributed by atoms with E-state index in [4.69, 9.17) is 5.11 Å². The van der Waals surface area contributed by atoms with Gasteiger partial charge in [0.1, 0.15) is 5.75 Å². The smallest absolute Gasteiger partial charge is 0.306 e. The Balaban J connectivity index is 2.58. The van der Waals surface area contributed by atoms with E-state index in [1.807, 2.05) is 12.1 Å². The van der Waals surface area contributed by atoms with Crippen LogP contribution in [0.1, 0.15) is 18.1 Å². The van der Waals surface area contributed by atoms with E-state index >= 15 is 0 Å². The number of fused-ring (bicyclic) bond motifs is 1. The number of aliphatic hydroxyl groups excluding tert-OH is 1. The first kappa shape index (κ1) is 11.4. The van der Waals surface area contributed by atoms with Crippen LogP contribution < -0.4 is 0 Å². The summed E-state index contributed by atoms with van der Waals surface area (Å²) in [5.74, 6) is -1.19. The Kier molecular flexibility index (Phi) is 2.97. The number of aromatic hydroxyl groups is 1. The van der Waals surface area contributed by atoms with Crippen LogP contribution in [0.2, 0.25) is 0 Å². The number of carbonyl (C=O) groups is 1. The first-order valence-electron chi connectivity index (χ1n) is 5.20. The highest BCUT2D eigenvalue weighted by Crippen LogP contribution is 2.33. The maximum absolute atomic E-state index is 10.6. The molecule has 17 heavy (non-hydrogen) atoms. The molecule has 0 unspecified atom stereocenters. The summed E-state index contributed by atoms with van der Waals surface area (Å²) >= 11 is 0. The second kappa shape index (κ2) is 4.43. The maximum atomic E-state index is 10.6. The molecular formula is C13H12O4. The fraction of sp³-hybridized carbons (Fsp3) is 0.154. The summed E-state index contributed by atoms with van der Waals surface area (Å²) in [5, 5.41) is 29.8. The van der Waals surface area contributed by atoms with Gasteiger partial charge in [-0.1, -0.05) is 30.3 Å². The van der Waals surface area contributed by atoms with Gasteiger partial charge in [-0.3, -0.25) is 4.79 Å². The Labute approximate surface area is 97.8 Å². The summed E-state index contributed by atoms with van der Waals surface area (Å²) in [5.41, 5.74) is 0.269. The summed E-state index contributed by atoms with van der Waals surface area (Å²) in [4.78, 5) is 10.6. The topological polar surface area (TPSA) is 77.8 Å². The SMILES string of the molecule is O=C(O)C[C@H](O)c1c(O)ccc2ccccc12. The molecule has 0 spiro atoms. The van der Waals surface area contributed by atoms with E-state index in [2.05, 4.69) is 0 Å². The molecule has 0 amide bonds. The average Bonchev–Trinajstić information content (AvgIpc) is 2.27. The molecule has 0 aliphatic carbocycles. The minimum Gasteiger partial charge on any atom is -0.508 e. The van der Waals surface area contributed by atoms with E-state index in [1.54, 1.807) is 18.2 Å². The van der Waals surface area contributed by atoms with E-state index in [-0.39, 0.29) is 11.3 Å². The van der Waals surface area contributed by atoms with E-state index in [9.17, 15) is 15.0 Å². The van der Waals surface area contributed by atoms with Gasteiger partial charge >= 0.3 is 5.97 Å². The van der Waals surface area contributed by atoms with Crippen LogP contribution in [-0.2, 0) is 4.79 Å². The molecule has 4 nitrogen and oxygen atoms in total. The molecule has 0 fully saturated rings. The lowest BCUT2D eigenvalue weighted by Crippen LogP contribution is -2.06. The number of phenols is 1. The highest BCUT2D eigenvalue weighted by molar-refractivity contribution is 5.88. The van der Waals surface area contributed by atoms with Gasteiger partial charge in [0.2, 0.25) is 0 Å². The molecule has 2 aromatic carbocycles. The van der Waals surface area contributed by atoms with Crippen molar-refractivity contribution in [3.8, 4) is 5.75 Å². The van der Waals surface area contributed by atoms with E-state index in [0.29, 0.717) is 5.39 Å². The standard InChI is InChI=1S/C13H12O4/c14-10-6-5-8-3-1-2-4-9(8)13(10)11(15)7-12(16)17/h1-6,11,14-15H,7H2,(H,16,17)/t11-/m0/s1. The molecule has 88 valence electrons. The van der Waals surface area contributed by atoms with E-state index in [0.717, 1.165) is 5.39 Å². The second-order valence-electron chi connectivity index (χ2n) is 3.83. The van der Waals surface area contributed by atoms with E-state index < -0.39 is 18.5 Å². The van der Waals surface area contributed by atoms with Crippen molar-refractivity contribution in [3.05, 3.63) is 42.0 Å². The number of hydrogen-bond donors (Lipinski definition) is 3. The van der Waals surface area contributed by atoms with Crippen molar-refractivity contribution in [2.24, 2.45) is 0 Å². The molecule has 0 saturated carbocycles. The Morgan fingerprint density at radius 2 is 1.88 bits per heavy atom. The van der Waals surface area contributed by atoms with Crippen molar-refractivity contribution in [2.45, 2.75) is 12.5 Å². The predicted molar refractivity (Wildman–Crippen MR) is 62.8 cm³/mol. The van der Waals surface area contributed by atoms with Crippen molar-refractivity contribution in [1.82, 2.24) is 0 Å². The Morgan fingerprint density at radius 1 is 1.18 bits per heavy atom. The number of carboxylic acids is 1. The molecule has 0 radical (unpaired) electrons. The summed E-state index contributed by atoms with van der Waals surface area (Å²) in [6.45, 7) is 0. The van der Waals surface area contributed by atoms with Crippen molar-refractivity contribution in [2.75, 3.05) is 0 Å². The molecule has 0 saturated heterocycles. The minimum atomic E-state index is -1.21. The van der Waals surface area contributed by atoms with Crippen LogP contribution in [-0.4, -0.2) is 21.3 Å². The Bertz CT molecular complexity index is 562. The summed E-state index contributed by atoms with van der Waals surface area (Å²) in [6.07, 6.45) is -1.64. The van der Waals surface area contributed by atoms with E-state index in [1.165, 1.54) is 6.07 Å². The molecule has 1 atom stereocenters. The number of aliphatic hydroxyl groups is 1. The normalized spacial score (nSPS) is 12.5. The number of carboxylic acid groups (broad SMARTS) is 1. The summed E-state index contributed by atoms with van der Waals surface area (Å²) < 4.78 is 0. The lowest BCUT2D eigenvalue weighted by Gasteiger charge is -2.13. The van der Waals surface area contributed by atoms with Gasteiger partial charge in [-0.2, -0.15) is 0 Å². The molecule has 2 aromatic rings. The van der Waals surface area contributed by atoms with Crippen molar-refractivity contribution in [1.29, 1.82) is 0 Å². The molecule has 0 bridgehead atoms. The largest absolute Gasteiger partial charge is 0.508 e. The third-order valence-electron chi connectivity index (χ3n) is 2.65. The molecule has 0 heterocycles. The van der Waals surface area contributed by atoms with Crippen LogP contribution >= 0.6 is 0 Å². The van der Waals surface area contributed by atoms with Gasteiger partial charge in [0.25, 0.3) is 0 Å². The van der Waals surface area contributed by atoms with Crippen molar-refractivity contribution >= 4 is 16.7 Å². The van der Waals surface area contributed by atoms with Gasteiger partial charge in [-0.05, 0) is 16.8 Å². The van der Waals surface area contributed by atoms with Crippen molar-refractivity contribution < 1.29 is 20.1 Å². The highest BCUT2D eigenvalue weighted by Gasteiger charge is 2.18. The third kappa shape index (κ3) is 2.21. The molecular weight excluding hydrogens is 220 g/mol. The molecule has 0 aromatic heterocycles. The van der Waals surface area contributed by atoms with Gasteiger partial charge in [0.05, 0.1) is 12.5 Å². The molecule has 4 heteroatoms. The Hall–Kier alpha value is -2.07. The zero-order valence-corrected chi connectivity index (χ0v) is 9.00. The molecule has 0 aliphatic heterocycles. The number of aliphatic carboxylic acids is 1. The number of hydrogen-bond acceptors (Lipinski definition) is 3. The lowest BCUT2D eigenvalue weighted by atomic mass is 9.97. The van der Waals surface area contributed by atoms with Crippen LogP contribution in [0.3, 0.4) is 0 Å². The van der Waals surface area contributed by atoms with Gasteiger partial charge in [0.15, 0.2) is 0 Å². The monoisotopic (exact) mass is 232 g/mol. The lowest BCUT2D eigenvalue weighted by molar-refractivity contribution is -0.139. The third-order valence-corrected chi connectivity index (χ3v) is 2.65. The van der Waals surface area contributed by atoms with Crippen LogP contribution in [0.4, 0.5) is 0 Å². The summed E-state index contributed by atoms with van der Waals surface area (Å²) in [6, 6.07) is 10.4. The molecule has 3 N–H and O–H groups in total. The number of rotatable bonds is 3. The quantitative estimate of drug-likeness (QED) is 0.756. The minimum absolute atomic E-state index is 0.0857. The fourth-order valence-electron chi connectivity index (χ4n) is 1.90. The van der Waals surface area contributed by atoms with Crippen LogP contribution in [0.5, 0.6) is 5.75 Å². The van der Waals surface area contributed by atoms with Gasteiger partial charge < -0.3 is 15.3 Å². The zero-order valence-electron chi connectivity index (χ0n) is 9.00. The fourth-order valence-corrected chi connectivity index (χ4v) is 1.90. The predicted octanol–water partition coefficient (Wildman–Crippen LogP) is 2.05. The first-order valence-corrected chi connectivity index (χ1v) is 5.20. The van der Waals surface area contributed by atoms with Gasteiger partial charge in [-0.15, -0.1) is 0 Å². The van der Waals surface area contributed by atoms with Crippen LogP contribution in [0.25, 0.3) is 10.8 Å². The zero-order chi connectivity index (χ0) is 12.4. The maximum Gasteiger partial charge on any atom is 0.306 e. The molecule has 2 rings (SSSR count). The molecule has 0 aliphatic rings. The van der Waals surface area contributed by atoms with Gasteiger partial charge in [0, 0.05) is 5.56 Å². The van der Waals surface area contributed by atoms with Crippen molar-refractivity contribution in [3.63, 3.8) is 0 Å². The number of benzene rings is 2. The first-order chi connectivity index (χ1) is 8.09. The van der Waals surface area contributed by atoms with Crippen LogP contribution in [0.15, 0.2) is 36.4 Å².